The molecule has 4 nitrogen and oxygen atoms in total. The molecule has 1 aromatic carbocycles. The van der Waals surface area contributed by atoms with Crippen LogP contribution in [0, 0.1) is 0 Å². The molecule has 1 unspecified atom stereocenters. The number of hydrogen-bond donors (Lipinski definition) is 1. The van der Waals surface area contributed by atoms with Gasteiger partial charge in [-0.2, -0.15) is 0 Å². The van der Waals surface area contributed by atoms with Crippen LogP contribution in [0.25, 0.3) is 0 Å². The molecular weight excluding hydrogens is 286 g/mol. The monoisotopic (exact) mass is 309 g/mol. The molecular formula is C16H23NO3S. The van der Waals surface area contributed by atoms with Crippen LogP contribution in [-0.4, -0.2) is 39.4 Å². The van der Waals surface area contributed by atoms with Crippen molar-refractivity contribution in [3.8, 4) is 0 Å². The summed E-state index contributed by atoms with van der Waals surface area (Å²) in [5.41, 5.74) is 0.942. The normalized spacial score (nSPS) is 11.9. The zero-order valence-corrected chi connectivity index (χ0v) is 13.4. The van der Waals surface area contributed by atoms with Crippen molar-refractivity contribution in [2.75, 3.05) is 12.3 Å². The second-order valence-electron chi connectivity index (χ2n) is 4.94. The number of carbonyl (C=O) groups excluding carboxylic acids is 1. The average Bonchev–Trinajstić information content (AvgIpc) is 2.46. The van der Waals surface area contributed by atoms with Gasteiger partial charge in [0.05, 0.1) is 5.25 Å². The second kappa shape index (κ2) is 9.45. The fourth-order valence-corrected chi connectivity index (χ4v) is 3.01. The van der Waals surface area contributed by atoms with Gasteiger partial charge in [0, 0.05) is 6.54 Å². The van der Waals surface area contributed by atoms with E-state index in [4.69, 9.17) is 5.11 Å². The third-order valence-corrected chi connectivity index (χ3v) is 4.29. The molecule has 1 amide bonds. The van der Waals surface area contributed by atoms with Crippen LogP contribution in [0.4, 0.5) is 0 Å². The standard InChI is InChI=1S/C16H23NO3S/c1-3-4-10-21-13(2)16(20)17(12-15(18)19)11-14-8-6-5-7-9-14/h5-9,13H,3-4,10-12H2,1-2H3,(H,18,19). The van der Waals surface area contributed by atoms with E-state index < -0.39 is 5.97 Å². The Morgan fingerprint density at radius 3 is 2.52 bits per heavy atom. The van der Waals surface area contributed by atoms with E-state index in [9.17, 15) is 9.59 Å². The number of unbranched alkanes of at least 4 members (excludes halogenated alkanes) is 1. The zero-order valence-electron chi connectivity index (χ0n) is 12.6. The Morgan fingerprint density at radius 2 is 1.95 bits per heavy atom. The number of hydrogen-bond acceptors (Lipinski definition) is 3. The summed E-state index contributed by atoms with van der Waals surface area (Å²) >= 11 is 1.59. The van der Waals surface area contributed by atoms with E-state index in [1.807, 2.05) is 37.3 Å². The number of carbonyl (C=O) groups is 2. The molecule has 0 aliphatic carbocycles. The Morgan fingerprint density at radius 1 is 1.29 bits per heavy atom. The molecule has 0 fully saturated rings. The number of amides is 1. The third-order valence-electron chi connectivity index (χ3n) is 3.07. The summed E-state index contributed by atoms with van der Waals surface area (Å²) in [5, 5.41) is 8.80. The molecule has 116 valence electrons. The first-order valence-electron chi connectivity index (χ1n) is 7.20. The number of aliphatic carboxylic acids is 1. The molecule has 21 heavy (non-hydrogen) atoms. The minimum Gasteiger partial charge on any atom is -0.480 e. The number of benzene rings is 1. The largest absolute Gasteiger partial charge is 0.480 e. The predicted octanol–water partition coefficient (Wildman–Crippen LogP) is 3.02. The molecule has 0 aliphatic rings. The lowest BCUT2D eigenvalue weighted by Crippen LogP contribution is -2.39. The van der Waals surface area contributed by atoms with Crippen LogP contribution in [-0.2, 0) is 16.1 Å². The highest BCUT2D eigenvalue weighted by Crippen LogP contribution is 2.17. The van der Waals surface area contributed by atoms with E-state index in [1.54, 1.807) is 11.8 Å². The van der Waals surface area contributed by atoms with Gasteiger partial charge in [0.1, 0.15) is 6.54 Å². The van der Waals surface area contributed by atoms with Crippen LogP contribution < -0.4 is 0 Å². The molecule has 0 heterocycles. The van der Waals surface area contributed by atoms with Crippen molar-refractivity contribution < 1.29 is 14.7 Å². The first-order chi connectivity index (χ1) is 10.0. The van der Waals surface area contributed by atoms with Gasteiger partial charge in [0.15, 0.2) is 0 Å². The minimum atomic E-state index is -0.981. The van der Waals surface area contributed by atoms with Crippen molar-refractivity contribution in [3.63, 3.8) is 0 Å². The lowest BCUT2D eigenvalue weighted by molar-refractivity contribution is -0.144. The fourth-order valence-electron chi connectivity index (χ4n) is 1.91. The van der Waals surface area contributed by atoms with Gasteiger partial charge in [0.25, 0.3) is 0 Å². The minimum absolute atomic E-state index is 0.109. The topological polar surface area (TPSA) is 57.6 Å². The molecule has 0 spiro atoms. The van der Waals surface area contributed by atoms with E-state index in [1.165, 1.54) is 4.90 Å². The summed E-state index contributed by atoms with van der Waals surface area (Å²) in [6, 6.07) is 9.47. The van der Waals surface area contributed by atoms with E-state index in [2.05, 4.69) is 6.92 Å². The number of thioether (sulfide) groups is 1. The van der Waals surface area contributed by atoms with Crippen molar-refractivity contribution in [3.05, 3.63) is 35.9 Å². The van der Waals surface area contributed by atoms with Crippen molar-refractivity contribution >= 4 is 23.6 Å². The highest BCUT2D eigenvalue weighted by molar-refractivity contribution is 8.00. The van der Waals surface area contributed by atoms with Crippen LogP contribution in [0.1, 0.15) is 32.3 Å². The van der Waals surface area contributed by atoms with E-state index in [0.29, 0.717) is 6.54 Å². The second-order valence-corrected chi connectivity index (χ2v) is 6.39. The highest BCUT2D eigenvalue weighted by Gasteiger charge is 2.22. The molecule has 0 saturated carbocycles. The maximum absolute atomic E-state index is 12.4. The molecule has 0 aliphatic heterocycles. The maximum atomic E-state index is 12.4. The number of nitrogens with zero attached hydrogens (tertiary/aromatic N) is 1. The Labute approximate surface area is 130 Å². The van der Waals surface area contributed by atoms with Gasteiger partial charge >= 0.3 is 5.97 Å². The van der Waals surface area contributed by atoms with Crippen molar-refractivity contribution in [1.29, 1.82) is 0 Å². The van der Waals surface area contributed by atoms with Gasteiger partial charge < -0.3 is 10.0 Å². The molecule has 0 bridgehead atoms. The first kappa shape index (κ1) is 17.6. The van der Waals surface area contributed by atoms with Crippen molar-refractivity contribution in [1.82, 2.24) is 4.90 Å². The first-order valence-corrected chi connectivity index (χ1v) is 8.25. The summed E-state index contributed by atoms with van der Waals surface area (Å²) in [6.07, 6.45) is 2.16. The summed E-state index contributed by atoms with van der Waals surface area (Å²) in [4.78, 5) is 24.8. The van der Waals surface area contributed by atoms with Crippen molar-refractivity contribution in [2.45, 2.75) is 38.5 Å². The predicted molar refractivity (Wildman–Crippen MR) is 86.3 cm³/mol. The summed E-state index contributed by atoms with van der Waals surface area (Å²) in [6.45, 7) is 4.04. The lowest BCUT2D eigenvalue weighted by Gasteiger charge is -2.24. The third kappa shape index (κ3) is 6.67. The van der Waals surface area contributed by atoms with Gasteiger partial charge in [-0.05, 0) is 24.7 Å². The molecule has 0 saturated heterocycles. The van der Waals surface area contributed by atoms with Gasteiger partial charge in [0.2, 0.25) is 5.91 Å². The van der Waals surface area contributed by atoms with E-state index in [0.717, 1.165) is 24.2 Å². The van der Waals surface area contributed by atoms with E-state index >= 15 is 0 Å². The number of carboxylic acid groups (broad SMARTS) is 1. The van der Waals surface area contributed by atoms with Crippen LogP contribution in [0.15, 0.2) is 30.3 Å². The molecule has 5 heteroatoms. The Bertz CT molecular complexity index is 450. The fraction of sp³-hybridized carbons (Fsp3) is 0.500. The molecule has 0 aromatic heterocycles. The smallest absolute Gasteiger partial charge is 0.323 e. The Kier molecular flexibility index (Phi) is 7.90. The maximum Gasteiger partial charge on any atom is 0.323 e. The van der Waals surface area contributed by atoms with Crippen LogP contribution in [0.5, 0.6) is 0 Å². The number of carboxylic acids is 1. The van der Waals surface area contributed by atoms with Gasteiger partial charge in [-0.3, -0.25) is 9.59 Å². The molecule has 1 aromatic rings. The van der Waals surface area contributed by atoms with Gasteiger partial charge in [-0.15, -0.1) is 11.8 Å². The Balaban J connectivity index is 2.67. The average molecular weight is 309 g/mol. The number of rotatable bonds is 9. The summed E-state index contributed by atoms with van der Waals surface area (Å²) < 4.78 is 0. The van der Waals surface area contributed by atoms with Crippen molar-refractivity contribution in [2.24, 2.45) is 0 Å². The van der Waals surface area contributed by atoms with Crippen LogP contribution in [0.3, 0.4) is 0 Å². The molecule has 0 radical (unpaired) electrons. The Hall–Kier alpha value is -1.49. The van der Waals surface area contributed by atoms with Gasteiger partial charge in [-0.25, -0.2) is 0 Å². The summed E-state index contributed by atoms with van der Waals surface area (Å²) in [7, 11) is 0. The summed E-state index contributed by atoms with van der Waals surface area (Å²) in [5.74, 6) is -0.164. The van der Waals surface area contributed by atoms with Crippen LogP contribution >= 0.6 is 11.8 Å². The quantitative estimate of drug-likeness (QED) is 0.712. The highest BCUT2D eigenvalue weighted by atomic mass is 32.2. The molecule has 1 rings (SSSR count). The van der Waals surface area contributed by atoms with E-state index in [-0.39, 0.29) is 17.7 Å². The van der Waals surface area contributed by atoms with Crippen LogP contribution in [0.2, 0.25) is 0 Å². The SMILES string of the molecule is CCCCSC(C)C(=O)N(CC(=O)O)Cc1ccccc1. The lowest BCUT2D eigenvalue weighted by atomic mass is 10.2. The van der Waals surface area contributed by atoms with Gasteiger partial charge in [-0.1, -0.05) is 43.7 Å². The zero-order chi connectivity index (χ0) is 15.7. The molecule has 1 atom stereocenters. The molecule has 1 N–H and O–H groups in total.